The Balaban J connectivity index is 2.69. The summed E-state index contributed by atoms with van der Waals surface area (Å²) in [6.07, 6.45) is 0. The van der Waals surface area contributed by atoms with Crippen molar-refractivity contribution in [1.29, 1.82) is 0 Å². The number of carbonyl (C=O) groups is 1. The fourth-order valence-corrected chi connectivity index (χ4v) is 0.962. The molecular weight excluding hydrogens is 168 g/mol. The second-order valence-electron chi connectivity index (χ2n) is 2.57. The molecule has 0 aliphatic heterocycles. The number of nitrogens with two attached hydrogens (primary N) is 2. The maximum Gasteiger partial charge on any atom is 0.255 e. The van der Waals surface area contributed by atoms with Crippen LogP contribution in [0.1, 0.15) is 5.56 Å². The van der Waals surface area contributed by atoms with Gasteiger partial charge in [0.1, 0.15) is 5.75 Å². The number of para-hydroxylation sites is 1. The summed E-state index contributed by atoms with van der Waals surface area (Å²) in [5.41, 5.74) is 11.3. The molecule has 0 saturated carbocycles. The molecule has 0 heterocycles. The maximum atomic E-state index is 10.4. The molecule has 0 spiro atoms. The summed E-state index contributed by atoms with van der Waals surface area (Å²) in [5.74, 6) is 0.121. The lowest BCUT2D eigenvalue weighted by molar-refractivity contribution is -0.119. The number of carbonyl (C=O) groups excluding carboxylic acids is 1. The number of benzene rings is 1. The van der Waals surface area contributed by atoms with E-state index in [0.29, 0.717) is 12.3 Å². The molecule has 0 unspecified atom stereocenters. The van der Waals surface area contributed by atoms with Gasteiger partial charge >= 0.3 is 0 Å². The predicted molar refractivity (Wildman–Crippen MR) is 49.0 cm³/mol. The predicted octanol–water partition coefficient (Wildman–Crippen LogP) is 0.00940. The number of hydrogen-bond donors (Lipinski definition) is 2. The molecule has 1 aromatic rings. The van der Waals surface area contributed by atoms with Crippen molar-refractivity contribution in [3.63, 3.8) is 0 Å². The van der Waals surface area contributed by atoms with Crippen molar-refractivity contribution in [2.75, 3.05) is 6.61 Å². The van der Waals surface area contributed by atoms with Crippen molar-refractivity contribution in [2.24, 2.45) is 11.5 Å². The van der Waals surface area contributed by atoms with Gasteiger partial charge in [-0.05, 0) is 6.07 Å². The van der Waals surface area contributed by atoms with E-state index in [1.165, 1.54) is 0 Å². The van der Waals surface area contributed by atoms with Gasteiger partial charge in [-0.3, -0.25) is 4.79 Å². The van der Waals surface area contributed by atoms with Gasteiger partial charge in [0.2, 0.25) is 0 Å². The Bertz CT molecular complexity index is 299. The Kier molecular flexibility index (Phi) is 3.28. The Labute approximate surface area is 76.5 Å². The third-order valence-electron chi connectivity index (χ3n) is 1.56. The minimum atomic E-state index is -0.494. The van der Waals surface area contributed by atoms with Gasteiger partial charge in [-0.1, -0.05) is 18.2 Å². The first-order valence-electron chi connectivity index (χ1n) is 3.93. The van der Waals surface area contributed by atoms with Gasteiger partial charge in [0.15, 0.2) is 6.61 Å². The van der Waals surface area contributed by atoms with Crippen molar-refractivity contribution >= 4 is 5.91 Å². The van der Waals surface area contributed by atoms with Crippen LogP contribution in [0.4, 0.5) is 0 Å². The zero-order valence-corrected chi connectivity index (χ0v) is 7.19. The first-order valence-corrected chi connectivity index (χ1v) is 3.93. The van der Waals surface area contributed by atoms with Gasteiger partial charge in [0.05, 0.1) is 0 Å². The van der Waals surface area contributed by atoms with E-state index in [1.807, 2.05) is 18.2 Å². The van der Waals surface area contributed by atoms with E-state index in [9.17, 15) is 4.79 Å². The van der Waals surface area contributed by atoms with E-state index >= 15 is 0 Å². The molecule has 0 atom stereocenters. The highest BCUT2D eigenvalue weighted by molar-refractivity contribution is 5.75. The molecule has 0 fully saturated rings. The van der Waals surface area contributed by atoms with Crippen LogP contribution in [-0.4, -0.2) is 12.5 Å². The molecule has 1 aromatic carbocycles. The van der Waals surface area contributed by atoms with E-state index in [1.54, 1.807) is 6.07 Å². The summed E-state index contributed by atoms with van der Waals surface area (Å²) in [4.78, 5) is 10.4. The third-order valence-corrected chi connectivity index (χ3v) is 1.56. The number of amides is 1. The van der Waals surface area contributed by atoms with Crippen molar-refractivity contribution in [2.45, 2.75) is 6.54 Å². The normalized spacial score (nSPS) is 9.62. The summed E-state index contributed by atoms with van der Waals surface area (Å²) < 4.78 is 5.13. The standard InChI is InChI=1S/C9H12N2O2/c10-5-7-3-1-2-4-8(7)13-6-9(11)12/h1-4H,5-6,10H2,(H2,11,12). The van der Waals surface area contributed by atoms with Crippen LogP contribution < -0.4 is 16.2 Å². The molecule has 1 rings (SSSR count). The quantitative estimate of drug-likeness (QED) is 0.685. The van der Waals surface area contributed by atoms with Crippen LogP contribution in [0.15, 0.2) is 24.3 Å². The summed E-state index contributed by atoms with van der Waals surface area (Å²) in [5, 5.41) is 0. The van der Waals surface area contributed by atoms with Crippen LogP contribution in [0.5, 0.6) is 5.75 Å². The van der Waals surface area contributed by atoms with E-state index < -0.39 is 5.91 Å². The zero-order valence-electron chi connectivity index (χ0n) is 7.19. The van der Waals surface area contributed by atoms with Crippen LogP contribution in [-0.2, 0) is 11.3 Å². The van der Waals surface area contributed by atoms with Crippen molar-refractivity contribution in [3.8, 4) is 5.75 Å². The van der Waals surface area contributed by atoms with Crippen LogP contribution >= 0.6 is 0 Å². The van der Waals surface area contributed by atoms with Gasteiger partial charge in [-0.15, -0.1) is 0 Å². The molecule has 4 nitrogen and oxygen atoms in total. The van der Waals surface area contributed by atoms with Crippen LogP contribution in [0, 0.1) is 0 Å². The van der Waals surface area contributed by atoms with Crippen molar-refractivity contribution < 1.29 is 9.53 Å². The van der Waals surface area contributed by atoms with E-state index in [4.69, 9.17) is 16.2 Å². The first kappa shape index (κ1) is 9.54. The monoisotopic (exact) mass is 180 g/mol. The van der Waals surface area contributed by atoms with E-state index in [-0.39, 0.29) is 6.61 Å². The molecule has 0 radical (unpaired) electrons. The van der Waals surface area contributed by atoms with Crippen molar-refractivity contribution in [3.05, 3.63) is 29.8 Å². The topological polar surface area (TPSA) is 78.3 Å². The Morgan fingerprint density at radius 1 is 1.38 bits per heavy atom. The lowest BCUT2D eigenvalue weighted by atomic mass is 10.2. The molecule has 1 amide bonds. The van der Waals surface area contributed by atoms with Gasteiger partial charge in [0.25, 0.3) is 5.91 Å². The molecule has 0 aliphatic carbocycles. The second-order valence-corrected chi connectivity index (χ2v) is 2.57. The minimum Gasteiger partial charge on any atom is -0.483 e. The van der Waals surface area contributed by atoms with E-state index in [2.05, 4.69) is 0 Å². The number of ether oxygens (including phenoxy) is 1. The molecule has 13 heavy (non-hydrogen) atoms. The summed E-state index contributed by atoms with van der Waals surface area (Å²) >= 11 is 0. The molecule has 0 saturated heterocycles. The highest BCUT2D eigenvalue weighted by Crippen LogP contribution is 2.16. The van der Waals surface area contributed by atoms with Gasteiger partial charge in [-0.25, -0.2) is 0 Å². The molecule has 0 aromatic heterocycles. The van der Waals surface area contributed by atoms with Gasteiger partial charge in [-0.2, -0.15) is 0 Å². The van der Waals surface area contributed by atoms with Crippen LogP contribution in [0.3, 0.4) is 0 Å². The highest BCUT2D eigenvalue weighted by atomic mass is 16.5. The second kappa shape index (κ2) is 4.47. The van der Waals surface area contributed by atoms with Gasteiger partial charge in [0, 0.05) is 12.1 Å². The smallest absolute Gasteiger partial charge is 0.255 e. The van der Waals surface area contributed by atoms with Crippen molar-refractivity contribution in [1.82, 2.24) is 0 Å². The molecular formula is C9H12N2O2. The Hall–Kier alpha value is -1.55. The molecule has 0 bridgehead atoms. The van der Waals surface area contributed by atoms with Crippen LogP contribution in [0.25, 0.3) is 0 Å². The fraction of sp³-hybridized carbons (Fsp3) is 0.222. The largest absolute Gasteiger partial charge is 0.483 e. The molecule has 4 heteroatoms. The van der Waals surface area contributed by atoms with Crippen LogP contribution in [0.2, 0.25) is 0 Å². The third kappa shape index (κ3) is 2.76. The average molecular weight is 180 g/mol. The number of rotatable bonds is 4. The highest BCUT2D eigenvalue weighted by Gasteiger charge is 2.01. The van der Waals surface area contributed by atoms with Gasteiger partial charge < -0.3 is 16.2 Å². The lowest BCUT2D eigenvalue weighted by Gasteiger charge is -2.07. The zero-order chi connectivity index (χ0) is 9.68. The SMILES string of the molecule is NCc1ccccc1OCC(N)=O. The maximum absolute atomic E-state index is 10.4. The minimum absolute atomic E-state index is 0.114. The molecule has 70 valence electrons. The molecule has 4 N–H and O–H groups in total. The number of primary amides is 1. The fourth-order valence-electron chi connectivity index (χ4n) is 0.962. The Morgan fingerprint density at radius 2 is 2.08 bits per heavy atom. The average Bonchev–Trinajstić information content (AvgIpc) is 2.15. The summed E-state index contributed by atoms with van der Waals surface area (Å²) in [6, 6.07) is 7.27. The summed E-state index contributed by atoms with van der Waals surface area (Å²) in [6.45, 7) is 0.270. The Morgan fingerprint density at radius 3 is 2.69 bits per heavy atom. The summed E-state index contributed by atoms with van der Waals surface area (Å²) in [7, 11) is 0. The first-order chi connectivity index (χ1) is 6.24. The number of hydrogen-bond acceptors (Lipinski definition) is 3. The lowest BCUT2D eigenvalue weighted by Crippen LogP contribution is -2.20. The molecule has 0 aliphatic rings. The van der Waals surface area contributed by atoms with E-state index in [0.717, 1.165) is 5.56 Å².